The second-order valence-corrected chi connectivity index (χ2v) is 3.18. The summed E-state index contributed by atoms with van der Waals surface area (Å²) in [7, 11) is 0.313. The first-order chi connectivity index (χ1) is 2.27. The molecule has 0 aliphatic carbocycles. The Hall–Kier alpha value is 0.361. The Morgan fingerprint density at radius 2 is 1.80 bits per heavy atom. The third-order valence-corrected chi connectivity index (χ3v) is 1.84. The standard InChI is InChI=1S/H3OSi.2O.V/c1-2;;;/h2H3;;;/q-1;;;+1. The maximum atomic E-state index is 9.30. The van der Waals surface area contributed by atoms with Crippen LogP contribution in [0.5, 0.6) is 0 Å². The fourth-order valence-corrected chi connectivity index (χ4v) is 0. The molecule has 0 unspecified atom stereocenters. The van der Waals surface area contributed by atoms with E-state index in [1.165, 1.54) is 0 Å². The molecule has 0 aromatic heterocycles. The van der Waals surface area contributed by atoms with Crippen molar-refractivity contribution < 1.29 is 26.1 Å². The van der Waals surface area contributed by atoms with E-state index in [0.717, 1.165) is 0 Å². The van der Waals surface area contributed by atoms with Crippen LogP contribution in [0.15, 0.2) is 0 Å². The Morgan fingerprint density at radius 3 is 1.80 bits per heavy atom. The Morgan fingerprint density at radius 1 is 1.60 bits per heavy atom. The Balaban J connectivity index is 3.23. The molecule has 0 N–H and O–H groups in total. The second kappa shape index (κ2) is 2.59. The molecule has 5 heavy (non-hydrogen) atoms. The van der Waals surface area contributed by atoms with Gasteiger partial charge in [0.05, 0.1) is 0 Å². The van der Waals surface area contributed by atoms with Crippen molar-refractivity contribution in [2.24, 2.45) is 0 Å². The molecule has 5 heteroatoms. The van der Waals surface area contributed by atoms with Gasteiger partial charge in [-0.25, -0.2) is 0 Å². The molecule has 0 heterocycles. The zero-order valence-corrected chi connectivity index (χ0v) is 6.07. The van der Waals surface area contributed by atoms with Gasteiger partial charge in [0.25, 0.3) is 0 Å². The number of rotatable bonds is 1. The van der Waals surface area contributed by atoms with E-state index in [1.807, 2.05) is 0 Å². The molecule has 0 aromatic carbocycles. The number of hydrogen-bond donors (Lipinski definition) is 0. The maximum absolute atomic E-state index is 9.30. The zero-order chi connectivity index (χ0) is 4.28. The summed E-state index contributed by atoms with van der Waals surface area (Å²) >= 11 is -3.14. The molecule has 30 valence electrons. The van der Waals surface area contributed by atoms with Gasteiger partial charge in [0, 0.05) is 0 Å². The average molecular weight is 130 g/mol. The van der Waals surface area contributed by atoms with Gasteiger partial charge in [-0.05, 0) is 0 Å². The minimum absolute atomic E-state index is 0.313. The first kappa shape index (κ1) is 5.36. The van der Waals surface area contributed by atoms with Crippen molar-refractivity contribution in [2.75, 3.05) is 0 Å². The molecule has 0 fully saturated rings. The van der Waals surface area contributed by atoms with Gasteiger partial charge in [-0.3, -0.25) is 0 Å². The Bertz CT molecular complexity index is 65.0. The SMILES string of the molecule is [O]=[V](=[O])[O][SiH3]. The van der Waals surface area contributed by atoms with Crippen LogP contribution in [-0.2, 0) is 26.1 Å². The molecular formula is H3O3SiV. The summed E-state index contributed by atoms with van der Waals surface area (Å²) in [6, 6.07) is 0. The van der Waals surface area contributed by atoms with Crippen molar-refractivity contribution in [1.82, 2.24) is 0 Å². The van der Waals surface area contributed by atoms with E-state index < -0.39 is 15.4 Å². The van der Waals surface area contributed by atoms with Crippen LogP contribution in [0, 0.1) is 0 Å². The van der Waals surface area contributed by atoms with Gasteiger partial charge in [0.1, 0.15) is 0 Å². The topological polar surface area (TPSA) is 43.4 Å². The van der Waals surface area contributed by atoms with Crippen LogP contribution in [0.2, 0.25) is 0 Å². The Kier molecular flexibility index (Phi) is 2.78. The molecule has 0 aromatic rings. The van der Waals surface area contributed by atoms with E-state index in [1.54, 1.807) is 0 Å². The predicted molar refractivity (Wildman–Crippen MR) is 12.4 cm³/mol. The van der Waals surface area contributed by atoms with Gasteiger partial charge in [0.15, 0.2) is 0 Å². The van der Waals surface area contributed by atoms with Gasteiger partial charge in [-0.1, -0.05) is 0 Å². The van der Waals surface area contributed by atoms with Crippen LogP contribution in [0.1, 0.15) is 0 Å². The molecule has 0 aliphatic heterocycles. The zero-order valence-electron chi connectivity index (χ0n) is 2.67. The van der Waals surface area contributed by atoms with Crippen LogP contribution in [-0.4, -0.2) is 10.5 Å². The molecule has 3 nitrogen and oxygen atoms in total. The molecule has 0 aliphatic rings. The summed E-state index contributed by atoms with van der Waals surface area (Å²) < 4.78 is 22.5. The minimum atomic E-state index is -3.14. The molecule has 0 bridgehead atoms. The van der Waals surface area contributed by atoms with Gasteiger partial charge < -0.3 is 0 Å². The van der Waals surface area contributed by atoms with Crippen molar-refractivity contribution in [3.05, 3.63) is 0 Å². The van der Waals surface area contributed by atoms with E-state index >= 15 is 0 Å². The molecule has 0 rings (SSSR count). The molecule has 0 amide bonds. The third-order valence-electron chi connectivity index (χ3n) is 0.149. The monoisotopic (exact) mass is 130 g/mol. The van der Waals surface area contributed by atoms with Gasteiger partial charge in [0.2, 0.25) is 0 Å². The molecule has 0 saturated heterocycles. The van der Waals surface area contributed by atoms with E-state index in [-0.39, 0.29) is 0 Å². The molecule has 0 spiro atoms. The Labute approximate surface area is 37.2 Å². The summed E-state index contributed by atoms with van der Waals surface area (Å²) in [5.74, 6) is 0. The van der Waals surface area contributed by atoms with Crippen molar-refractivity contribution in [3.8, 4) is 0 Å². The summed E-state index contributed by atoms with van der Waals surface area (Å²) in [4.78, 5) is 0. The fourth-order valence-electron chi connectivity index (χ4n) is 0. The first-order valence-corrected chi connectivity index (χ1v) is 3.48. The van der Waals surface area contributed by atoms with Crippen LogP contribution in [0.3, 0.4) is 0 Å². The summed E-state index contributed by atoms with van der Waals surface area (Å²) in [6.07, 6.45) is 0. The van der Waals surface area contributed by atoms with E-state index in [2.05, 4.69) is 3.35 Å². The van der Waals surface area contributed by atoms with Gasteiger partial charge in [-0.15, -0.1) is 0 Å². The predicted octanol–water partition coefficient (Wildman–Crippen LogP) is -1.49. The molecule has 0 radical (unpaired) electrons. The number of hydrogen-bond acceptors (Lipinski definition) is 3. The van der Waals surface area contributed by atoms with Crippen molar-refractivity contribution in [2.45, 2.75) is 0 Å². The van der Waals surface area contributed by atoms with Crippen LogP contribution in [0.25, 0.3) is 0 Å². The first-order valence-electron chi connectivity index (χ1n) is 0.956. The fraction of sp³-hybridized carbons (Fsp3) is 0. The van der Waals surface area contributed by atoms with Crippen molar-refractivity contribution >= 4 is 10.5 Å². The van der Waals surface area contributed by atoms with E-state index in [9.17, 15) is 7.35 Å². The van der Waals surface area contributed by atoms with E-state index in [4.69, 9.17) is 0 Å². The molecular weight excluding hydrogens is 127 g/mol. The van der Waals surface area contributed by atoms with Crippen molar-refractivity contribution in [3.63, 3.8) is 0 Å². The summed E-state index contributed by atoms with van der Waals surface area (Å²) in [5.41, 5.74) is 0. The third kappa shape index (κ3) is 4.36. The summed E-state index contributed by atoms with van der Waals surface area (Å²) in [5, 5.41) is 0. The molecule has 0 atom stereocenters. The van der Waals surface area contributed by atoms with Crippen molar-refractivity contribution in [1.29, 1.82) is 0 Å². The summed E-state index contributed by atoms with van der Waals surface area (Å²) in [6.45, 7) is 0. The molecule has 0 saturated carbocycles. The quantitative estimate of drug-likeness (QED) is 0.406. The normalized spacial score (nSPS) is 8.00. The van der Waals surface area contributed by atoms with Crippen LogP contribution >= 0.6 is 0 Å². The second-order valence-electron chi connectivity index (χ2n) is 0.406. The van der Waals surface area contributed by atoms with Crippen LogP contribution < -0.4 is 0 Å². The van der Waals surface area contributed by atoms with E-state index in [0.29, 0.717) is 10.5 Å². The van der Waals surface area contributed by atoms with Gasteiger partial charge in [-0.2, -0.15) is 0 Å². The van der Waals surface area contributed by atoms with Gasteiger partial charge >= 0.3 is 36.6 Å². The average Bonchev–Trinajstić information content (AvgIpc) is 1.38. The van der Waals surface area contributed by atoms with Crippen LogP contribution in [0.4, 0.5) is 0 Å².